The zero-order valence-electron chi connectivity index (χ0n) is 11.2. The molecule has 1 amide bonds. The van der Waals surface area contributed by atoms with Gasteiger partial charge in [0, 0.05) is 29.2 Å². The Labute approximate surface area is 122 Å². The van der Waals surface area contributed by atoms with Crippen LogP contribution in [0, 0.1) is 0 Å². The minimum atomic E-state index is 0.110. The average molecular weight is 290 g/mol. The molecular weight excluding hydrogens is 272 g/mol. The van der Waals surface area contributed by atoms with Gasteiger partial charge >= 0.3 is 0 Å². The van der Waals surface area contributed by atoms with E-state index in [1.807, 2.05) is 18.2 Å². The van der Waals surface area contributed by atoms with Gasteiger partial charge in [0.2, 0.25) is 5.91 Å². The Balaban J connectivity index is 1.52. The number of aromatic nitrogens is 1. The molecule has 1 heterocycles. The normalized spacial score (nSPS) is 10.4. The maximum absolute atomic E-state index is 11.6. The molecule has 0 saturated carbocycles. The fourth-order valence-electron chi connectivity index (χ4n) is 1.74. The van der Waals surface area contributed by atoms with E-state index in [1.165, 1.54) is 4.90 Å². The van der Waals surface area contributed by atoms with Gasteiger partial charge in [-0.3, -0.25) is 4.79 Å². The van der Waals surface area contributed by atoms with Gasteiger partial charge in [-0.1, -0.05) is 23.4 Å². The summed E-state index contributed by atoms with van der Waals surface area (Å²) in [5.41, 5.74) is 1.07. The van der Waals surface area contributed by atoms with Crippen LogP contribution in [0.2, 0.25) is 0 Å². The molecule has 0 fully saturated rings. The maximum Gasteiger partial charge on any atom is 0.220 e. The van der Waals surface area contributed by atoms with E-state index in [9.17, 15) is 4.79 Å². The second-order valence-electron chi connectivity index (χ2n) is 4.40. The van der Waals surface area contributed by atoms with Crippen molar-refractivity contribution in [2.75, 3.05) is 12.3 Å². The lowest BCUT2D eigenvalue weighted by Crippen LogP contribution is -2.24. The van der Waals surface area contributed by atoms with Crippen LogP contribution >= 0.6 is 11.8 Å². The highest BCUT2D eigenvalue weighted by Gasteiger charge is 2.02. The van der Waals surface area contributed by atoms with Crippen molar-refractivity contribution in [1.29, 1.82) is 0 Å². The number of amides is 1. The predicted octanol–water partition coefficient (Wildman–Crippen LogP) is 2.91. The number of thioether (sulfide) groups is 1. The van der Waals surface area contributed by atoms with Crippen LogP contribution in [0.25, 0.3) is 0 Å². The number of aryl methyl sites for hydroxylation is 1. The number of hydrogen-bond acceptors (Lipinski definition) is 4. The predicted molar refractivity (Wildman–Crippen MR) is 79.6 cm³/mol. The number of carbonyl (C=O) groups is 1. The SMILES string of the molecule is O=C(CCSc1ccccc1)NCCCc1cnoc1. The molecule has 5 heteroatoms. The van der Waals surface area contributed by atoms with E-state index in [2.05, 4.69) is 22.6 Å². The Hall–Kier alpha value is -1.75. The summed E-state index contributed by atoms with van der Waals surface area (Å²) in [5, 5.41) is 6.57. The highest BCUT2D eigenvalue weighted by Crippen LogP contribution is 2.17. The number of benzene rings is 1. The smallest absolute Gasteiger partial charge is 0.220 e. The Kier molecular flexibility index (Phi) is 6.17. The van der Waals surface area contributed by atoms with E-state index >= 15 is 0 Å². The lowest BCUT2D eigenvalue weighted by atomic mass is 10.2. The molecule has 106 valence electrons. The Morgan fingerprint density at radius 2 is 2.15 bits per heavy atom. The molecule has 1 N–H and O–H groups in total. The lowest BCUT2D eigenvalue weighted by Gasteiger charge is -2.04. The number of carbonyl (C=O) groups excluding carboxylic acids is 1. The largest absolute Gasteiger partial charge is 0.364 e. The monoisotopic (exact) mass is 290 g/mol. The van der Waals surface area contributed by atoms with Crippen molar-refractivity contribution in [2.45, 2.75) is 24.2 Å². The molecule has 1 aromatic carbocycles. The summed E-state index contributed by atoms with van der Waals surface area (Å²) < 4.78 is 4.75. The van der Waals surface area contributed by atoms with Gasteiger partial charge < -0.3 is 9.84 Å². The first kappa shape index (κ1) is 14.7. The van der Waals surface area contributed by atoms with Crippen LogP contribution in [0.5, 0.6) is 0 Å². The number of rotatable bonds is 8. The molecule has 0 spiro atoms. The molecule has 1 aromatic heterocycles. The van der Waals surface area contributed by atoms with E-state index in [4.69, 9.17) is 4.52 Å². The van der Waals surface area contributed by atoms with Crippen molar-refractivity contribution >= 4 is 17.7 Å². The van der Waals surface area contributed by atoms with Crippen molar-refractivity contribution in [3.05, 3.63) is 48.4 Å². The van der Waals surface area contributed by atoms with E-state index in [0.29, 0.717) is 13.0 Å². The molecule has 0 aliphatic heterocycles. The molecule has 0 atom stereocenters. The topological polar surface area (TPSA) is 55.1 Å². The van der Waals surface area contributed by atoms with Crippen molar-refractivity contribution in [3.8, 4) is 0 Å². The molecule has 0 aliphatic rings. The van der Waals surface area contributed by atoms with Crippen LogP contribution < -0.4 is 5.32 Å². The minimum absolute atomic E-state index is 0.110. The quantitative estimate of drug-likeness (QED) is 0.600. The molecule has 20 heavy (non-hydrogen) atoms. The summed E-state index contributed by atoms with van der Waals surface area (Å²) in [7, 11) is 0. The number of nitrogens with one attached hydrogen (secondary N) is 1. The van der Waals surface area contributed by atoms with Gasteiger partial charge in [0.05, 0.1) is 6.20 Å². The van der Waals surface area contributed by atoms with Gasteiger partial charge in [0.15, 0.2) is 0 Å². The summed E-state index contributed by atoms with van der Waals surface area (Å²) in [6.45, 7) is 0.694. The summed E-state index contributed by atoms with van der Waals surface area (Å²) in [5.74, 6) is 0.917. The first-order valence-corrected chi connectivity index (χ1v) is 7.66. The van der Waals surface area contributed by atoms with Gasteiger partial charge in [-0.05, 0) is 25.0 Å². The van der Waals surface area contributed by atoms with E-state index in [0.717, 1.165) is 24.2 Å². The molecule has 0 saturated heterocycles. The molecule has 0 unspecified atom stereocenters. The van der Waals surface area contributed by atoms with Crippen molar-refractivity contribution in [3.63, 3.8) is 0 Å². The van der Waals surface area contributed by atoms with Gasteiger partial charge in [-0.25, -0.2) is 0 Å². The van der Waals surface area contributed by atoms with Gasteiger partial charge in [-0.2, -0.15) is 0 Å². The third-order valence-corrected chi connectivity index (χ3v) is 3.80. The first-order valence-electron chi connectivity index (χ1n) is 6.67. The zero-order valence-corrected chi connectivity index (χ0v) is 12.1. The summed E-state index contributed by atoms with van der Waals surface area (Å²) >= 11 is 1.70. The Morgan fingerprint density at radius 3 is 2.90 bits per heavy atom. The van der Waals surface area contributed by atoms with Crippen molar-refractivity contribution in [2.24, 2.45) is 0 Å². The summed E-state index contributed by atoms with van der Waals surface area (Å²) in [4.78, 5) is 12.8. The number of nitrogens with zero attached hydrogens (tertiary/aromatic N) is 1. The van der Waals surface area contributed by atoms with Crippen LogP contribution in [-0.4, -0.2) is 23.4 Å². The average Bonchev–Trinajstić information content (AvgIpc) is 2.98. The van der Waals surface area contributed by atoms with Crippen LogP contribution in [-0.2, 0) is 11.2 Å². The Morgan fingerprint density at radius 1 is 1.30 bits per heavy atom. The van der Waals surface area contributed by atoms with Crippen molar-refractivity contribution < 1.29 is 9.32 Å². The molecule has 4 nitrogen and oxygen atoms in total. The third kappa shape index (κ3) is 5.48. The van der Waals surface area contributed by atoms with E-state index in [1.54, 1.807) is 24.2 Å². The highest BCUT2D eigenvalue weighted by molar-refractivity contribution is 7.99. The molecule has 0 aliphatic carbocycles. The van der Waals surface area contributed by atoms with Gasteiger partial charge in [0.1, 0.15) is 6.26 Å². The fraction of sp³-hybridized carbons (Fsp3) is 0.333. The standard InChI is InChI=1S/C15H18N2O2S/c18-15(8-10-20-14-6-2-1-3-7-14)16-9-4-5-13-11-17-19-12-13/h1-3,6-7,11-12H,4-5,8-10H2,(H,16,18). The summed E-state index contributed by atoms with van der Waals surface area (Å²) in [6, 6.07) is 10.1. The molecule has 0 bridgehead atoms. The molecule has 2 aromatic rings. The molecule has 0 radical (unpaired) electrons. The molecular formula is C15H18N2O2S. The van der Waals surface area contributed by atoms with Gasteiger partial charge in [0.25, 0.3) is 0 Å². The first-order chi connectivity index (χ1) is 9.84. The minimum Gasteiger partial charge on any atom is -0.364 e. The Bertz CT molecular complexity index is 500. The summed E-state index contributed by atoms with van der Waals surface area (Å²) in [6.07, 6.45) is 5.67. The number of hydrogen-bond donors (Lipinski definition) is 1. The van der Waals surface area contributed by atoms with E-state index in [-0.39, 0.29) is 5.91 Å². The van der Waals surface area contributed by atoms with E-state index < -0.39 is 0 Å². The lowest BCUT2D eigenvalue weighted by molar-refractivity contribution is -0.120. The van der Waals surface area contributed by atoms with Crippen LogP contribution in [0.3, 0.4) is 0 Å². The van der Waals surface area contributed by atoms with Crippen LogP contribution in [0.4, 0.5) is 0 Å². The molecule has 2 rings (SSSR count). The van der Waals surface area contributed by atoms with Crippen molar-refractivity contribution in [1.82, 2.24) is 10.5 Å². The second kappa shape index (κ2) is 8.43. The second-order valence-corrected chi connectivity index (χ2v) is 5.57. The highest BCUT2D eigenvalue weighted by atomic mass is 32.2. The maximum atomic E-state index is 11.6. The third-order valence-electron chi connectivity index (χ3n) is 2.79. The van der Waals surface area contributed by atoms with Crippen LogP contribution in [0.1, 0.15) is 18.4 Å². The zero-order chi connectivity index (χ0) is 14.0. The fourth-order valence-corrected chi connectivity index (χ4v) is 2.61. The van der Waals surface area contributed by atoms with Crippen LogP contribution in [0.15, 0.2) is 52.2 Å². The van der Waals surface area contributed by atoms with Gasteiger partial charge in [-0.15, -0.1) is 11.8 Å².